The number of rotatable bonds is 3. The van der Waals surface area contributed by atoms with Crippen LogP contribution in [-0.2, 0) is 9.59 Å². The van der Waals surface area contributed by atoms with Crippen molar-refractivity contribution in [3.8, 4) is 11.1 Å². The minimum absolute atomic E-state index is 0.216. The average molecular weight is 415 g/mol. The minimum Gasteiger partial charge on any atom is -0.480 e. The Hall–Kier alpha value is -2.29. The molecule has 2 aliphatic rings. The number of aliphatic carboxylic acids is 1. The second-order valence-electron chi connectivity index (χ2n) is 6.00. The Morgan fingerprint density at radius 1 is 1.11 bits per heavy atom. The van der Waals surface area contributed by atoms with Gasteiger partial charge >= 0.3 is 5.97 Å². The van der Waals surface area contributed by atoms with Gasteiger partial charge in [-0.1, -0.05) is 60.4 Å². The fourth-order valence-corrected chi connectivity index (χ4v) is 5.39. The normalized spacial score (nSPS) is 19.0. The van der Waals surface area contributed by atoms with E-state index in [0.29, 0.717) is 10.7 Å². The summed E-state index contributed by atoms with van der Waals surface area (Å²) in [7, 11) is 1.88. The molecule has 5 nitrogen and oxygen atoms in total. The van der Waals surface area contributed by atoms with Crippen LogP contribution in [0.2, 0.25) is 0 Å². The van der Waals surface area contributed by atoms with Crippen LogP contribution in [0.3, 0.4) is 0 Å². The van der Waals surface area contributed by atoms with Gasteiger partial charge in [0, 0.05) is 11.9 Å². The number of carbonyl (C=O) groups excluding carboxylic acids is 1. The van der Waals surface area contributed by atoms with Crippen molar-refractivity contribution in [3.63, 3.8) is 0 Å². The first kappa shape index (κ1) is 18.1. The number of thiocarbonyl (C=S) groups is 1. The summed E-state index contributed by atoms with van der Waals surface area (Å²) >= 11 is 7.56. The lowest BCUT2D eigenvalue weighted by molar-refractivity contribution is -0.137. The molecule has 2 aromatic carbocycles. The summed E-state index contributed by atoms with van der Waals surface area (Å²) in [6, 6.07) is 16.2. The molecule has 0 aliphatic carbocycles. The zero-order valence-electron chi connectivity index (χ0n) is 14.2. The lowest BCUT2D eigenvalue weighted by Gasteiger charge is -2.21. The summed E-state index contributed by atoms with van der Waals surface area (Å²) < 4.78 is 0.278. The molecule has 136 valence electrons. The van der Waals surface area contributed by atoms with Crippen LogP contribution >= 0.6 is 35.7 Å². The van der Waals surface area contributed by atoms with E-state index in [1.807, 2.05) is 54.4 Å². The Bertz CT molecular complexity index is 1000. The average Bonchev–Trinajstić information content (AvgIpc) is 3.11. The van der Waals surface area contributed by atoms with Crippen molar-refractivity contribution in [2.45, 2.75) is 4.90 Å². The zero-order chi connectivity index (χ0) is 19.1. The van der Waals surface area contributed by atoms with Crippen molar-refractivity contribution in [3.05, 3.63) is 59.3 Å². The van der Waals surface area contributed by atoms with Gasteiger partial charge < -0.3 is 14.9 Å². The molecule has 0 amide bonds. The molecule has 2 heterocycles. The van der Waals surface area contributed by atoms with Crippen LogP contribution in [0, 0.1) is 0 Å². The summed E-state index contributed by atoms with van der Waals surface area (Å²) in [6.45, 7) is -0.323. The Morgan fingerprint density at radius 2 is 1.85 bits per heavy atom. The first-order chi connectivity index (χ1) is 13.0. The summed E-state index contributed by atoms with van der Waals surface area (Å²) in [5.74, 6) is -1.03. The predicted molar refractivity (Wildman–Crippen MR) is 113 cm³/mol. The number of benzene rings is 2. The summed E-state index contributed by atoms with van der Waals surface area (Å²) in [6.07, 6.45) is 0. The van der Waals surface area contributed by atoms with Crippen LogP contribution in [0.15, 0.2) is 64.2 Å². The molecule has 0 unspecified atom stereocenters. The highest BCUT2D eigenvalue weighted by Gasteiger charge is 2.39. The number of carboxylic acid groups (broad SMARTS) is 1. The number of hydrogen-bond donors (Lipinski definition) is 1. The number of fused-ring (bicyclic) bond motifs is 1. The van der Waals surface area contributed by atoms with Gasteiger partial charge in [-0.25, -0.2) is 0 Å². The molecular weight excluding hydrogens is 400 g/mol. The molecule has 0 saturated carbocycles. The summed E-state index contributed by atoms with van der Waals surface area (Å²) in [4.78, 5) is 28.1. The summed E-state index contributed by atoms with van der Waals surface area (Å²) in [5, 5.41) is 9.66. The second-order valence-corrected chi connectivity index (χ2v) is 8.64. The van der Waals surface area contributed by atoms with Gasteiger partial charge in [-0.2, -0.15) is 0 Å². The van der Waals surface area contributed by atoms with Gasteiger partial charge in [0.1, 0.15) is 21.6 Å². The number of nitrogens with zero attached hydrogens (tertiary/aromatic N) is 2. The highest BCUT2D eigenvalue weighted by atomic mass is 32.2. The van der Waals surface area contributed by atoms with Gasteiger partial charge in [-0.05, 0) is 35.0 Å². The smallest absolute Gasteiger partial charge is 0.323 e. The van der Waals surface area contributed by atoms with Crippen LogP contribution in [-0.4, -0.2) is 39.0 Å². The molecular formula is C19H14N2O3S3. The largest absolute Gasteiger partial charge is 0.480 e. The van der Waals surface area contributed by atoms with Crippen molar-refractivity contribution in [1.29, 1.82) is 0 Å². The molecule has 0 aromatic heterocycles. The van der Waals surface area contributed by atoms with Crippen molar-refractivity contribution < 1.29 is 14.7 Å². The third-order valence-electron chi connectivity index (χ3n) is 4.30. The van der Waals surface area contributed by atoms with Crippen molar-refractivity contribution in [2.24, 2.45) is 0 Å². The Morgan fingerprint density at radius 3 is 2.56 bits per heavy atom. The molecule has 27 heavy (non-hydrogen) atoms. The third kappa shape index (κ3) is 3.24. The van der Waals surface area contributed by atoms with E-state index in [-0.39, 0.29) is 16.0 Å². The molecule has 0 radical (unpaired) electrons. The topological polar surface area (TPSA) is 60.9 Å². The van der Waals surface area contributed by atoms with E-state index in [4.69, 9.17) is 12.2 Å². The maximum Gasteiger partial charge on any atom is 0.323 e. The number of thioether (sulfide) groups is 2. The van der Waals surface area contributed by atoms with Crippen molar-refractivity contribution in [2.75, 3.05) is 18.5 Å². The lowest BCUT2D eigenvalue weighted by atomic mass is 10.1. The SMILES string of the molecule is CN1/C(=C2\C(=O)SC(=S)N2CC(=O)O)Sc2ccc(-c3ccccc3)cc21. The van der Waals surface area contributed by atoms with Crippen LogP contribution in [0.25, 0.3) is 11.1 Å². The van der Waals surface area contributed by atoms with E-state index >= 15 is 0 Å². The first-order valence-corrected chi connectivity index (χ1v) is 10.1. The number of carbonyl (C=O) groups is 2. The van der Waals surface area contributed by atoms with Gasteiger partial charge in [-0.3, -0.25) is 9.59 Å². The minimum atomic E-state index is -1.03. The maximum absolute atomic E-state index is 12.5. The molecule has 0 bridgehead atoms. The highest BCUT2D eigenvalue weighted by Crippen LogP contribution is 2.49. The van der Waals surface area contributed by atoms with Gasteiger partial charge in [0.2, 0.25) is 5.12 Å². The summed E-state index contributed by atoms with van der Waals surface area (Å²) in [5.41, 5.74) is 3.52. The fourth-order valence-electron chi connectivity index (χ4n) is 3.03. The van der Waals surface area contributed by atoms with Gasteiger partial charge in [0.25, 0.3) is 0 Å². The second kappa shape index (κ2) is 7.03. The Labute approximate surface area is 170 Å². The van der Waals surface area contributed by atoms with Crippen molar-refractivity contribution >= 4 is 56.8 Å². The molecule has 4 rings (SSSR count). The van der Waals surface area contributed by atoms with Gasteiger partial charge in [0.15, 0.2) is 0 Å². The fraction of sp³-hybridized carbons (Fsp3) is 0.105. The predicted octanol–water partition coefficient (Wildman–Crippen LogP) is 4.01. The maximum atomic E-state index is 12.5. The van der Waals surface area contributed by atoms with E-state index in [2.05, 4.69) is 6.07 Å². The van der Waals surface area contributed by atoms with Gasteiger partial charge in [0.05, 0.1) is 5.69 Å². The molecule has 0 spiro atoms. The van der Waals surface area contributed by atoms with E-state index < -0.39 is 5.97 Å². The highest BCUT2D eigenvalue weighted by molar-refractivity contribution is 8.33. The van der Waals surface area contributed by atoms with E-state index in [1.54, 1.807) is 0 Å². The number of anilines is 1. The lowest BCUT2D eigenvalue weighted by Crippen LogP contribution is -2.31. The van der Waals surface area contributed by atoms with E-state index in [0.717, 1.165) is 33.5 Å². The van der Waals surface area contributed by atoms with Crippen molar-refractivity contribution in [1.82, 2.24) is 4.90 Å². The van der Waals surface area contributed by atoms with E-state index in [1.165, 1.54) is 16.7 Å². The molecule has 1 N–H and O–H groups in total. The Kier molecular flexibility index (Phi) is 4.71. The monoisotopic (exact) mass is 414 g/mol. The molecule has 0 atom stereocenters. The van der Waals surface area contributed by atoms with Crippen LogP contribution in [0.1, 0.15) is 0 Å². The molecule has 8 heteroatoms. The standard InChI is InChI=1S/C19H14N2O3S3/c1-20-13-9-12(11-5-3-2-4-6-11)7-8-14(13)26-17(20)16-18(24)27-19(25)21(16)10-15(22)23/h2-9H,10H2,1H3,(H,22,23)/b17-16-. The third-order valence-corrected chi connectivity index (χ3v) is 6.77. The molecule has 1 saturated heterocycles. The molecule has 1 fully saturated rings. The van der Waals surface area contributed by atoms with Crippen LogP contribution in [0.5, 0.6) is 0 Å². The number of carboxylic acids is 1. The number of hydrogen-bond acceptors (Lipinski definition) is 6. The zero-order valence-corrected chi connectivity index (χ0v) is 16.7. The van der Waals surface area contributed by atoms with Crippen LogP contribution in [0.4, 0.5) is 5.69 Å². The first-order valence-electron chi connectivity index (χ1n) is 8.06. The molecule has 2 aliphatic heterocycles. The van der Waals surface area contributed by atoms with E-state index in [9.17, 15) is 14.7 Å². The van der Waals surface area contributed by atoms with Gasteiger partial charge in [-0.15, -0.1) is 0 Å². The quantitative estimate of drug-likeness (QED) is 0.597. The molecule has 2 aromatic rings. The van der Waals surface area contributed by atoms with Crippen LogP contribution < -0.4 is 4.90 Å². The Balaban J connectivity index is 1.76.